The second-order valence-corrected chi connectivity index (χ2v) is 5.72. The Labute approximate surface area is 147 Å². The van der Waals surface area contributed by atoms with E-state index in [1.54, 1.807) is 7.11 Å². The lowest BCUT2D eigenvalue weighted by Gasteiger charge is -2.18. The van der Waals surface area contributed by atoms with Crippen molar-refractivity contribution in [3.63, 3.8) is 0 Å². The second-order valence-electron chi connectivity index (χ2n) is 5.72. The molecule has 5 nitrogen and oxygen atoms in total. The summed E-state index contributed by atoms with van der Waals surface area (Å²) >= 11 is 0. The van der Waals surface area contributed by atoms with Crippen LogP contribution in [0.2, 0.25) is 0 Å². The van der Waals surface area contributed by atoms with Gasteiger partial charge in [0.15, 0.2) is 5.96 Å². The summed E-state index contributed by atoms with van der Waals surface area (Å²) in [5.74, 6) is 1.81. The number of nitrogens with zero attached hydrogens (tertiary/aromatic N) is 2. The molecular formula is C19H34N4O. The van der Waals surface area contributed by atoms with Gasteiger partial charge in [-0.05, 0) is 50.5 Å². The molecule has 24 heavy (non-hydrogen) atoms. The molecule has 0 saturated heterocycles. The third-order valence-electron chi connectivity index (χ3n) is 4.19. The fourth-order valence-electron chi connectivity index (χ4n) is 2.65. The normalized spacial score (nSPS) is 11.6. The van der Waals surface area contributed by atoms with Gasteiger partial charge in [0.2, 0.25) is 0 Å². The van der Waals surface area contributed by atoms with Gasteiger partial charge in [0.1, 0.15) is 5.75 Å². The molecule has 1 aromatic rings. The van der Waals surface area contributed by atoms with Crippen LogP contribution in [0.4, 0.5) is 0 Å². The molecule has 1 aromatic carbocycles. The molecule has 136 valence electrons. The molecule has 5 heteroatoms. The average Bonchev–Trinajstić information content (AvgIpc) is 2.63. The molecule has 0 fully saturated rings. The van der Waals surface area contributed by atoms with Crippen molar-refractivity contribution < 1.29 is 4.74 Å². The van der Waals surface area contributed by atoms with Crippen LogP contribution in [0.25, 0.3) is 0 Å². The number of guanidine groups is 1. The predicted octanol–water partition coefficient (Wildman–Crippen LogP) is 2.52. The van der Waals surface area contributed by atoms with E-state index in [2.05, 4.69) is 40.4 Å². The van der Waals surface area contributed by atoms with Gasteiger partial charge in [-0.3, -0.25) is 4.99 Å². The zero-order valence-electron chi connectivity index (χ0n) is 15.8. The third kappa shape index (κ3) is 7.68. The number of nitrogens with one attached hydrogen (secondary N) is 2. The third-order valence-corrected chi connectivity index (χ3v) is 4.19. The zero-order chi connectivity index (χ0) is 17.6. The van der Waals surface area contributed by atoms with Crippen LogP contribution in [0.3, 0.4) is 0 Å². The lowest BCUT2D eigenvalue weighted by molar-refractivity contribution is 0.297. The molecule has 0 radical (unpaired) electrons. The Morgan fingerprint density at radius 2 is 1.79 bits per heavy atom. The molecule has 0 aliphatic rings. The van der Waals surface area contributed by atoms with Gasteiger partial charge in [-0.25, -0.2) is 0 Å². The van der Waals surface area contributed by atoms with Gasteiger partial charge in [-0.15, -0.1) is 0 Å². The number of unbranched alkanes of at least 4 members (excludes halogenated alkanes) is 1. The van der Waals surface area contributed by atoms with Crippen molar-refractivity contribution >= 4 is 5.96 Å². The van der Waals surface area contributed by atoms with E-state index in [0.717, 1.165) is 50.7 Å². The highest BCUT2D eigenvalue weighted by Gasteiger charge is 2.03. The average molecular weight is 335 g/mol. The Morgan fingerprint density at radius 1 is 1.08 bits per heavy atom. The van der Waals surface area contributed by atoms with Crippen LogP contribution in [0.15, 0.2) is 29.3 Å². The minimum atomic E-state index is 0.833. The Kier molecular flexibility index (Phi) is 10.7. The van der Waals surface area contributed by atoms with Crippen molar-refractivity contribution in [1.82, 2.24) is 15.5 Å². The van der Waals surface area contributed by atoms with Gasteiger partial charge in [-0.1, -0.05) is 32.0 Å². The second kappa shape index (κ2) is 12.6. The molecule has 0 atom stereocenters. The van der Waals surface area contributed by atoms with Gasteiger partial charge < -0.3 is 20.3 Å². The van der Waals surface area contributed by atoms with E-state index >= 15 is 0 Å². The van der Waals surface area contributed by atoms with Crippen molar-refractivity contribution in [3.8, 4) is 5.75 Å². The number of para-hydroxylation sites is 1. The number of ether oxygens (including phenoxy) is 1. The summed E-state index contributed by atoms with van der Waals surface area (Å²) in [5.41, 5.74) is 1.21. The topological polar surface area (TPSA) is 48.9 Å². The van der Waals surface area contributed by atoms with E-state index in [1.807, 2.05) is 25.2 Å². The first kappa shape index (κ1) is 20.3. The summed E-state index contributed by atoms with van der Waals surface area (Å²) in [6.07, 6.45) is 3.28. The van der Waals surface area contributed by atoms with Crippen molar-refractivity contribution in [1.29, 1.82) is 0 Å². The van der Waals surface area contributed by atoms with E-state index in [-0.39, 0.29) is 0 Å². The maximum absolute atomic E-state index is 5.38. The van der Waals surface area contributed by atoms with Crippen LogP contribution >= 0.6 is 0 Å². The molecule has 1 rings (SSSR count). The van der Waals surface area contributed by atoms with E-state index in [4.69, 9.17) is 4.74 Å². The summed E-state index contributed by atoms with van der Waals surface area (Å²) in [6.45, 7) is 9.67. The Morgan fingerprint density at radius 3 is 2.46 bits per heavy atom. The lowest BCUT2D eigenvalue weighted by atomic mass is 10.1. The van der Waals surface area contributed by atoms with Crippen molar-refractivity contribution in [2.75, 3.05) is 46.9 Å². The molecular weight excluding hydrogens is 300 g/mol. The maximum Gasteiger partial charge on any atom is 0.190 e. The summed E-state index contributed by atoms with van der Waals surface area (Å²) in [4.78, 5) is 6.74. The minimum absolute atomic E-state index is 0.833. The van der Waals surface area contributed by atoms with Gasteiger partial charge in [-0.2, -0.15) is 0 Å². The van der Waals surface area contributed by atoms with Gasteiger partial charge in [0.05, 0.1) is 7.11 Å². The van der Waals surface area contributed by atoms with Gasteiger partial charge in [0, 0.05) is 20.1 Å². The monoisotopic (exact) mass is 334 g/mol. The Hall–Kier alpha value is -1.75. The summed E-state index contributed by atoms with van der Waals surface area (Å²) < 4.78 is 5.38. The largest absolute Gasteiger partial charge is 0.496 e. The molecule has 0 saturated carbocycles. The number of methoxy groups -OCH3 is 1. The number of rotatable bonds is 11. The molecule has 0 spiro atoms. The molecule has 2 N–H and O–H groups in total. The summed E-state index contributed by atoms with van der Waals surface area (Å²) in [6, 6.07) is 8.14. The first-order valence-electron chi connectivity index (χ1n) is 9.03. The van der Waals surface area contributed by atoms with Crippen LogP contribution in [0.5, 0.6) is 5.75 Å². The van der Waals surface area contributed by atoms with Crippen molar-refractivity contribution in [2.45, 2.75) is 33.1 Å². The number of aliphatic imine (C=N–C) groups is 1. The number of hydrogen-bond acceptors (Lipinski definition) is 3. The van der Waals surface area contributed by atoms with Crippen LogP contribution in [0.1, 0.15) is 32.3 Å². The quantitative estimate of drug-likeness (QED) is 0.371. The molecule has 0 aromatic heterocycles. The molecule has 0 aliphatic carbocycles. The fraction of sp³-hybridized carbons (Fsp3) is 0.632. The number of hydrogen-bond donors (Lipinski definition) is 2. The Bertz CT molecular complexity index is 472. The predicted molar refractivity (Wildman–Crippen MR) is 103 cm³/mol. The van der Waals surface area contributed by atoms with Crippen LogP contribution in [0, 0.1) is 0 Å². The van der Waals surface area contributed by atoms with E-state index in [1.165, 1.54) is 18.5 Å². The highest BCUT2D eigenvalue weighted by Crippen LogP contribution is 2.17. The van der Waals surface area contributed by atoms with E-state index < -0.39 is 0 Å². The SMILES string of the molecule is CCN(CC)CCCCNC(=NC)NCCc1ccccc1OC. The van der Waals surface area contributed by atoms with Crippen molar-refractivity contribution in [2.24, 2.45) is 4.99 Å². The smallest absolute Gasteiger partial charge is 0.190 e. The first-order chi connectivity index (χ1) is 11.7. The van der Waals surface area contributed by atoms with Crippen LogP contribution in [-0.4, -0.2) is 57.7 Å². The Balaban J connectivity index is 2.21. The van der Waals surface area contributed by atoms with E-state index in [9.17, 15) is 0 Å². The molecule has 0 heterocycles. The maximum atomic E-state index is 5.38. The fourth-order valence-corrected chi connectivity index (χ4v) is 2.65. The first-order valence-corrected chi connectivity index (χ1v) is 9.03. The van der Waals surface area contributed by atoms with Crippen LogP contribution in [-0.2, 0) is 6.42 Å². The number of benzene rings is 1. The molecule has 0 aliphatic heterocycles. The minimum Gasteiger partial charge on any atom is -0.496 e. The van der Waals surface area contributed by atoms with Crippen molar-refractivity contribution in [3.05, 3.63) is 29.8 Å². The molecule has 0 unspecified atom stereocenters. The summed E-state index contributed by atoms with van der Waals surface area (Å²) in [5, 5.41) is 6.75. The highest BCUT2D eigenvalue weighted by atomic mass is 16.5. The van der Waals surface area contributed by atoms with Crippen LogP contribution < -0.4 is 15.4 Å². The lowest BCUT2D eigenvalue weighted by Crippen LogP contribution is -2.39. The standard InChI is InChI=1S/C19H34N4O/c1-5-23(6-2)16-10-9-14-21-19(20-3)22-15-13-17-11-7-8-12-18(17)24-4/h7-8,11-12H,5-6,9-10,13-16H2,1-4H3,(H2,20,21,22). The molecule has 0 amide bonds. The van der Waals surface area contributed by atoms with Gasteiger partial charge in [0.25, 0.3) is 0 Å². The highest BCUT2D eigenvalue weighted by molar-refractivity contribution is 5.79. The molecule has 0 bridgehead atoms. The summed E-state index contributed by atoms with van der Waals surface area (Å²) in [7, 11) is 3.53. The van der Waals surface area contributed by atoms with Gasteiger partial charge >= 0.3 is 0 Å². The van der Waals surface area contributed by atoms with E-state index in [0.29, 0.717) is 0 Å². The zero-order valence-corrected chi connectivity index (χ0v) is 15.8.